The second kappa shape index (κ2) is 38.1. The van der Waals surface area contributed by atoms with Crippen molar-refractivity contribution in [2.45, 2.75) is 116 Å². The molecule has 4 N–H and O–H groups in total. The Morgan fingerprint density at radius 2 is 0.729 bits per heavy atom. The largest absolute Gasteiger partial charge is 0.422 e. The Kier molecular flexibility index (Phi) is 24.6. The van der Waals surface area contributed by atoms with Crippen molar-refractivity contribution >= 4 is 112 Å². The van der Waals surface area contributed by atoms with Crippen molar-refractivity contribution in [1.82, 2.24) is 83.1 Å². The van der Waals surface area contributed by atoms with E-state index in [0.717, 1.165) is 168 Å². The molecular weight excluding hydrogens is 1830 g/mol. The van der Waals surface area contributed by atoms with Gasteiger partial charge in [-0.15, -0.1) is 0 Å². The molecule has 732 valence electrons. The summed E-state index contributed by atoms with van der Waals surface area (Å²) in [7, 11) is 2.12. The summed E-state index contributed by atoms with van der Waals surface area (Å²) in [6.07, 6.45) is 17.9. The number of alkyl halides is 3. The maximum Gasteiger partial charge on any atom is 0.416 e. The zero-order chi connectivity index (χ0) is 99.2. The van der Waals surface area contributed by atoms with Crippen molar-refractivity contribution in [3.05, 3.63) is 313 Å². The van der Waals surface area contributed by atoms with Crippen molar-refractivity contribution in [3.8, 4) is 56.3 Å². The van der Waals surface area contributed by atoms with Crippen LogP contribution >= 0.6 is 0 Å². The van der Waals surface area contributed by atoms with Gasteiger partial charge < -0.3 is 81.1 Å². The molecule has 2 bridgehead atoms. The summed E-state index contributed by atoms with van der Waals surface area (Å²) < 4.78 is 76.2. The van der Waals surface area contributed by atoms with Crippen LogP contribution in [0.1, 0.15) is 64.7 Å². The van der Waals surface area contributed by atoms with E-state index in [1.54, 1.807) is 39.7 Å². The second-order valence-electron chi connectivity index (χ2n) is 38.6. The number of halogens is 3. The number of rotatable bonds is 10. The highest BCUT2D eigenvalue weighted by Gasteiger charge is 2.39. The number of aromatic nitrogens is 12. The van der Waals surface area contributed by atoms with Gasteiger partial charge in [0.15, 0.2) is 0 Å². The van der Waals surface area contributed by atoms with Gasteiger partial charge in [0.2, 0.25) is 11.6 Å². The van der Waals surface area contributed by atoms with E-state index in [4.69, 9.17) is 22.1 Å². The SMILES string of the molecule is C[C@@H]1CN(c2ccc3cc(-c4cn5ccc(C(F)(F)F)cc5n4)c(=O)oc3c2)C[C@H](C)N1C.C[C@@H]1CN(c2ccc3cc(-c4cn5cccnc5n4)c(=O)oc3c2)CCN1.C[C@H]1CN(c2ccc3cc(-c4cn5cccnc5n4)c(=O)oc3c2)CCN1.Cc1ccc2nc(-c3cc4ccc(N5C[C@@H](C)N[C@@H](C)C5)cc4oc3=O)cn2c1.Cc1ccc2nc(-c3cc4ccc(N5C[C@@H]6C[C@H]5CN6)cc4oc3=O)cn2c1. The molecule has 35 heteroatoms. The number of aryl methyl sites for hydroxylation is 2. The van der Waals surface area contributed by atoms with Gasteiger partial charge in [0.1, 0.15) is 44.9 Å². The Morgan fingerprint density at radius 1 is 0.361 bits per heavy atom. The highest BCUT2D eigenvalue weighted by atomic mass is 19.4. The molecule has 15 aromatic heterocycles. The van der Waals surface area contributed by atoms with Crippen molar-refractivity contribution in [2.75, 3.05) is 110 Å². The van der Waals surface area contributed by atoms with E-state index in [-0.39, 0.29) is 28.2 Å². The van der Waals surface area contributed by atoms with Gasteiger partial charge in [-0.25, -0.2) is 58.9 Å². The Bertz CT molecular complexity index is 8400. The highest BCUT2D eigenvalue weighted by molar-refractivity contribution is 5.89. The van der Waals surface area contributed by atoms with Gasteiger partial charge >= 0.3 is 34.3 Å². The number of nitrogens with one attached hydrogen (secondary N) is 4. The van der Waals surface area contributed by atoms with Crippen LogP contribution in [0.3, 0.4) is 0 Å². The molecule has 0 radical (unpaired) electrons. The monoisotopic (exact) mass is 1940 g/mol. The van der Waals surface area contributed by atoms with E-state index in [1.807, 2.05) is 187 Å². The van der Waals surface area contributed by atoms with Crippen LogP contribution in [0.2, 0.25) is 0 Å². The normalized spacial score (nSPS) is 19.4. The Morgan fingerprint density at radius 3 is 1.12 bits per heavy atom. The van der Waals surface area contributed by atoms with E-state index in [9.17, 15) is 37.1 Å². The van der Waals surface area contributed by atoms with Gasteiger partial charge in [-0.1, -0.05) is 12.1 Å². The van der Waals surface area contributed by atoms with Gasteiger partial charge in [-0.2, -0.15) is 13.2 Å². The van der Waals surface area contributed by atoms with Gasteiger partial charge in [0.25, 0.3) is 0 Å². The number of piperazine rings is 5. The number of benzene rings is 5. The molecule has 8 atom stereocenters. The predicted molar refractivity (Wildman–Crippen MR) is 553 cm³/mol. The lowest BCUT2D eigenvalue weighted by Gasteiger charge is -2.43. The first-order valence-corrected chi connectivity index (χ1v) is 48.5. The molecule has 6 saturated heterocycles. The summed E-state index contributed by atoms with van der Waals surface area (Å²) in [6.45, 7) is 28.4. The van der Waals surface area contributed by atoms with Crippen molar-refractivity contribution in [3.63, 3.8) is 0 Å². The van der Waals surface area contributed by atoms with Gasteiger partial charge in [-0.3, -0.25) is 13.7 Å². The number of nitrogens with zero attached hydrogens (tertiary/aromatic N) is 18. The zero-order valence-corrected chi connectivity index (χ0v) is 80.7. The average Bonchev–Trinajstić information content (AvgIpc) is 1.59. The fourth-order valence-electron chi connectivity index (χ4n) is 20.4. The van der Waals surface area contributed by atoms with Gasteiger partial charge in [0.05, 0.1) is 61.9 Å². The first kappa shape index (κ1) is 93.0. The fourth-order valence-corrected chi connectivity index (χ4v) is 20.4. The third kappa shape index (κ3) is 19.1. The van der Waals surface area contributed by atoms with Crippen LogP contribution in [0, 0.1) is 13.8 Å². The van der Waals surface area contributed by atoms with Crippen LogP contribution in [0.25, 0.3) is 140 Å². The summed E-state index contributed by atoms with van der Waals surface area (Å²) >= 11 is 0. The number of hydrogen-bond donors (Lipinski definition) is 4. The lowest BCUT2D eigenvalue weighted by Crippen LogP contribution is -2.55. The van der Waals surface area contributed by atoms with Crippen molar-refractivity contribution in [2.24, 2.45) is 0 Å². The molecular formula is C109H105F3N22O10. The minimum Gasteiger partial charge on any atom is -0.422 e. The summed E-state index contributed by atoms with van der Waals surface area (Å²) in [6, 6.07) is 56.3. The van der Waals surface area contributed by atoms with Crippen molar-refractivity contribution < 1.29 is 35.3 Å². The van der Waals surface area contributed by atoms with Gasteiger partial charge in [0, 0.05) is 287 Å². The Hall–Kier alpha value is -16.0. The van der Waals surface area contributed by atoms with E-state index in [1.165, 1.54) is 23.2 Å². The third-order valence-corrected chi connectivity index (χ3v) is 27.9. The second-order valence-corrected chi connectivity index (χ2v) is 38.6. The maximum absolute atomic E-state index is 13.0. The molecule has 0 saturated carbocycles. The Labute approximate surface area is 821 Å². The van der Waals surface area contributed by atoms with Gasteiger partial charge in [-0.05, 0) is 207 Å². The van der Waals surface area contributed by atoms with Crippen LogP contribution in [-0.2, 0) is 6.18 Å². The molecule has 26 rings (SSSR count). The number of anilines is 5. The smallest absolute Gasteiger partial charge is 0.416 e. The number of likely N-dealkylation sites (N-methyl/N-ethyl adjacent to an activating group) is 1. The summed E-state index contributed by atoms with van der Waals surface area (Å²) in [4.78, 5) is 108. The molecule has 21 heterocycles. The molecule has 6 aliphatic rings. The average molecular weight is 1940 g/mol. The first-order chi connectivity index (χ1) is 69.5. The van der Waals surface area contributed by atoms with Crippen LogP contribution in [0.4, 0.5) is 41.6 Å². The molecule has 0 aliphatic carbocycles. The molecule has 0 amide bonds. The summed E-state index contributed by atoms with van der Waals surface area (Å²) in [5, 5.41) is 18.2. The quantitative estimate of drug-likeness (QED) is 0.0924. The Balaban J connectivity index is 0.000000103. The first-order valence-electron chi connectivity index (χ1n) is 48.5. The number of hydrogen-bond acceptors (Lipinski definition) is 27. The minimum atomic E-state index is -4.47. The number of pyridine rings is 3. The molecule has 32 nitrogen and oxygen atoms in total. The summed E-state index contributed by atoms with van der Waals surface area (Å²) in [5.74, 6) is 1.10. The number of fused-ring (bicyclic) bond motifs is 12. The molecule has 144 heavy (non-hydrogen) atoms. The summed E-state index contributed by atoms with van der Waals surface area (Å²) in [5.41, 5.74) is 14.0. The van der Waals surface area contributed by atoms with Crippen LogP contribution in [-0.4, -0.2) is 196 Å². The maximum atomic E-state index is 13.0. The molecule has 5 aromatic carbocycles. The van der Waals surface area contributed by atoms with E-state index < -0.39 is 28.6 Å². The lowest BCUT2D eigenvalue weighted by atomic mass is 10.1. The van der Waals surface area contributed by atoms with Crippen molar-refractivity contribution in [1.29, 1.82) is 0 Å². The van der Waals surface area contributed by atoms with E-state index in [0.29, 0.717) is 133 Å². The van der Waals surface area contributed by atoms with Crippen LogP contribution in [0.5, 0.6) is 0 Å². The highest BCUT2D eigenvalue weighted by Crippen LogP contribution is 2.38. The standard InChI is InChI=1S/C24H23F3N4O2.C23H24N4O2.C22H20N4O2.2C20H19N5O2/c1-14-11-31(12-15(2)29(14)3)18-5-4-16-8-19(23(32)33-21(16)10-18)20-13-30-7-6-17(24(25,26)27)9-22(30)28-20;1-14-4-7-22-25-20(13-27(22)10-14)19-8-17-5-6-18(9-21(17)29-23(19)28)26-11-15(2)24-16(3)12-26;1-13-2-5-21-24-19(12-25(21)10-13)18-6-14-3-4-16(8-20(14)28-22(18)27)26-11-15-7-17(26)9-23-15;2*1-13-11-24(8-6-21-13)15-4-3-14-9-16(19(26)27-18(14)10-15)17-12-25-7-2-5-22-20(25)23-17/h4-10,13-15H,11-12H2,1-3H3;4-10,13,15-16,24H,11-12H2,1-3H3;2-6,8,10,12,15,17,23H,7,9,11H2,1H3;2*2-5,7,9-10,12-13,21H,6,8,11H2,1H3/t14-,15+;15-,16+;15-,17-;2*13-/m..010/s1. The fraction of sp³-hybridized carbons (Fsp3) is 0.284. The lowest BCUT2D eigenvalue weighted by molar-refractivity contribution is -0.137. The zero-order valence-electron chi connectivity index (χ0n) is 80.7. The number of imidazole rings is 5. The molecule has 6 aliphatic heterocycles. The third-order valence-electron chi connectivity index (χ3n) is 27.9. The van der Waals surface area contributed by atoms with E-state index >= 15 is 0 Å². The topological polar surface area (TPSA) is 331 Å². The molecule has 20 aromatic rings. The molecule has 0 unspecified atom stereocenters. The van der Waals surface area contributed by atoms with E-state index in [2.05, 4.69) is 158 Å². The predicted octanol–water partition coefficient (Wildman–Crippen LogP) is 15.8. The molecule has 6 fully saturated rings. The van der Waals surface area contributed by atoms with Crippen LogP contribution < -0.4 is 73.9 Å². The molecule has 0 spiro atoms. The minimum absolute atomic E-state index is 0.105. The van der Waals surface area contributed by atoms with Crippen LogP contribution in [0.15, 0.2) is 290 Å².